The number of ether oxygens (including phenoxy) is 1. The van der Waals surface area contributed by atoms with Gasteiger partial charge in [0, 0.05) is 64.5 Å². The summed E-state index contributed by atoms with van der Waals surface area (Å²) in [4.78, 5) is 37.2. The molecule has 1 aliphatic heterocycles. The third kappa shape index (κ3) is 7.58. The summed E-state index contributed by atoms with van der Waals surface area (Å²) < 4.78 is 7.57. The number of nitrogens with one attached hydrogen (secondary N) is 1. The Morgan fingerprint density at radius 2 is 2.10 bits per heavy atom. The number of imidazole rings is 1. The number of likely N-dealkylation sites (tertiary alicyclic amines) is 1. The second-order valence-electron chi connectivity index (χ2n) is 10.0. The van der Waals surface area contributed by atoms with Crippen molar-refractivity contribution in [1.82, 2.24) is 24.8 Å². The normalized spacial score (nSPS) is 16.4. The number of methoxy groups -OCH3 is 1. The zero-order valence-electron chi connectivity index (χ0n) is 23.0. The Kier molecular flexibility index (Phi) is 10.8. The Hall–Kier alpha value is -2.95. The molecule has 0 bridgehead atoms. The highest BCUT2D eigenvalue weighted by Crippen LogP contribution is 2.30. The van der Waals surface area contributed by atoms with Gasteiger partial charge < -0.3 is 25.3 Å². The van der Waals surface area contributed by atoms with Gasteiger partial charge in [-0.2, -0.15) is 0 Å². The van der Waals surface area contributed by atoms with Gasteiger partial charge >= 0.3 is 0 Å². The summed E-state index contributed by atoms with van der Waals surface area (Å²) in [5, 5.41) is 3.61. The van der Waals surface area contributed by atoms with E-state index < -0.39 is 6.04 Å². The molecule has 3 aromatic rings. The number of rotatable bonds is 13. The number of carbonyl (C=O) groups is 2. The highest BCUT2D eigenvalue weighted by atomic mass is 32.2. The van der Waals surface area contributed by atoms with Gasteiger partial charge in [0.15, 0.2) is 0 Å². The zero-order valence-corrected chi connectivity index (χ0v) is 23.8. The van der Waals surface area contributed by atoms with Crippen molar-refractivity contribution in [2.75, 3.05) is 39.1 Å². The first-order valence-corrected chi connectivity index (χ1v) is 14.8. The maximum Gasteiger partial charge on any atom is 0.254 e. The molecule has 9 nitrogen and oxygen atoms in total. The number of carbonyl (C=O) groups excluding carboxylic acids is 2. The molecule has 2 atom stereocenters. The number of fused-ring (bicyclic) bond motifs is 1. The van der Waals surface area contributed by atoms with E-state index in [1.54, 1.807) is 37.2 Å². The predicted octanol–water partition coefficient (Wildman–Crippen LogP) is 3.82. The van der Waals surface area contributed by atoms with Crippen LogP contribution in [0.2, 0.25) is 0 Å². The standard InChI is InChI=1S/C29H40N6O3S/c1-3-17-39-29-23(10-6-13-31-29)28(37)32-19-22(30)18-26(36)34-14-7-9-21(20-34)27-33-24-11-4-5-12-25(24)35(27)15-8-16-38-2/h4-6,10-13,21-22H,3,7-9,14-20,30H2,1-2H3,(H,32,37). The lowest BCUT2D eigenvalue weighted by molar-refractivity contribution is -0.132. The smallest absolute Gasteiger partial charge is 0.254 e. The number of hydrogen-bond donors (Lipinski definition) is 2. The molecule has 210 valence electrons. The Bertz CT molecular complexity index is 1250. The minimum atomic E-state index is -0.469. The fourth-order valence-corrected chi connectivity index (χ4v) is 5.89. The van der Waals surface area contributed by atoms with Gasteiger partial charge in [0.05, 0.1) is 16.6 Å². The van der Waals surface area contributed by atoms with Crippen molar-refractivity contribution in [3.63, 3.8) is 0 Å². The van der Waals surface area contributed by atoms with Crippen molar-refractivity contribution < 1.29 is 14.3 Å². The third-order valence-electron chi connectivity index (χ3n) is 6.97. The van der Waals surface area contributed by atoms with E-state index in [4.69, 9.17) is 15.5 Å². The summed E-state index contributed by atoms with van der Waals surface area (Å²) in [6.45, 7) is 5.17. The van der Waals surface area contributed by atoms with Crippen LogP contribution in [0.5, 0.6) is 0 Å². The molecule has 1 aliphatic rings. The fourth-order valence-electron chi connectivity index (χ4n) is 5.04. The molecule has 10 heteroatoms. The molecule has 4 rings (SSSR count). The van der Waals surface area contributed by atoms with Gasteiger partial charge in [-0.05, 0) is 55.7 Å². The Balaban J connectivity index is 1.35. The maximum absolute atomic E-state index is 13.2. The summed E-state index contributed by atoms with van der Waals surface area (Å²) in [5.74, 6) is 1.90. The molecule has 0 spiro atoms. The molecule has 1 aromatic carbocycles. The molecule has 2 aromatic heterocycles. The molecular weight excluding hydrogens is 512 g/mol. The summed E-state index contributed by atoms with van der Waals surface area (Å²) in [6.07, 6.45) is 5.68. The van der Waals surface area contributed by atoms with Gasteiger partial charge in [0.1, 0.15) is 10.9 Å². The summed E-state index contributed by atoms with van der Waals surface area (Å²) >= 11 is 1.57. The first-order chi connectivity index (χ1) is 19.0. The molecule has 0 saturated carbocycles. The van der Waals surface area contributed by atoms with E-state index in [1.807, 2.05) is 23.1 Å². The average Bonchev–Trinajstić information content (AvgIpc) is 3.33. The number of nitrogens with zero attached hydrogens (tertiary/aromatic N) is 4. The van der Waals surface area contributed by atoms with Crippen molar-refractivity contribution in [1.29, 1.82) is 0 Å². The number of piperidine rings is 1. The number of nitrogens with two attached hydrogens (primary N) is 1. The van der Waals surface area contributed by atoms with Gasteiger partial charge in [-0.15, -0.1) is 11.8 Å². The van der Waals surface area contributed by atoms with E-state index in [-0.39, 0.29) is 30.7 Å². The second-order valence-corrected chi connectivity index (χ2v) is 11.1. The predicted molar refractivity (Wildman–Crippen MR) is 155 cm³/mol. The highest BCUT2D eigenvalue weighted by Gasteiger charge is 2.29. The van der Waals surface area contributed by atoms with Gasteiger partial charge in [-0.25, -0.2) is 9.97 Å². The first kappa shape index (κ1) is 29.0. The largest absolute Gasteiger partial charge is 0.385 e. The SMILES string of the molecule is CCCSc1ncccc1C(=O)NCC(N)CC(=O)N1CCCC(c2nc3ccccc3n2CCCOC)C1. The van der Waals surface area contributed by atoms with Crippen molar-refractivity contribution >= 4 is 34.6 Å². The van der Waals surface area contributed by atoms with Crippen molar-refractivity contribution in [3.8, 4) is 0 Å². The molecular formula is C29H40N6O3S. The van der Waals surface area contributed by atoms with Crippen LogP contribution in [-0.4, -0.2) is 76.4 Å². The van der Waals surface area contributed by atoms with Crippen LogP contribution in [0, 0.1) is 0 Å². The molecule has 3 heterocycles. The number of pyridine rings is 1. The van der Waals surface area contributed by atoms with Crippen LogP contribution >= 0.6 is 11.8 Å². The monoisotopic (exact) mass is 552 g/mol. The number of aryl methyl sites for hydroxylation is 1. The van der Waals surface area contributed by atoms with E-state index in [9.17, 15) is 9.59 Å². The van der Waals surface area contributed by atoms with Gasteiger partial charge in [-0.1, -0.05) is 19.1 Å². The van der Waals surface area contributed by atoms with Gasteiger partial charge in [-0.3, -0.25) is 9.59 Å². The molecule has 39 heavy (non-hydrogen) atoms. The van der Waals surface area contributed by atoms with E-state index >= 15 is 0 Å². The maximum atomic E-state index is 13.2. The summed E-state index contributed by atoms with van der Waals surface area (Å²) in [5.41, 5.74) is 8.95. The number of thioether (sulfide) groups is 1. The van der Waals surface area contributed by atoms with Crippen molar-refractivity contribution in [3.05, 3.63) is 54.0 Å². The second kappa shape index (κ2) is 14.4. The zero-order chi connectivity index (χ0) is 27.6. The van der Waals surface area contributed by atoms with Crippen LogP contribution in [0.15, 0.2) is 47.6 Å². The third-order valence-corrected chi connectivity index (χ3v) is 8.18. The number of aromatic nitrogens is 3. The van der Waals surface area contributed by atoms with Crippen LogP contribution in [0.1, 0.15) is 61.1 Å². The number of benzene rings is 1. The lowest BCUT2D eigenvalue weighted by atomic mass is 9.96. The fraction of sp³-hybridized carbons (Fsp3) is 0.517. The molecule has 0 radical (unpaired) electrons. The summed E-state index contributed by atoms with van der Waals surface area (Å²) in [6, 6.07) is 11.3. The molecule has 1 fully saturated rings. The van der Waals surface area contributed by atoms with Crippen LogP contribution in [-0.2, 0) is 16.1 Å². The first-order valence-electron chi connectivity index (χ1n) is 13.8. The van der Waals surface area contributed by atoms with Crippen LogP contribution in [0.25, 0.3) is 11.0 Å². The van der Waals surface area contributed by atoms with E-state index in [1.165, 1.54) is 0 Å². The molecule has 0 aliphatic carbocycles. The van der Waals surface area contributed by atoms with Gasteiger partial charge in [0.25, 0.3) is 5.91 Å². The van der Waals surface area contributed by atoms with Crippen LogP contribution in [0.4, 0.5) is 0 Å². The van der Waals surface area contributed by atoms with E-state index in [0.29, 0.717) is 30.3 Å². The molecule has 2 amide bonds. The quantitative estimate of drug-likeness (QED) is 0.245. The van der Waals surface area contributed by atoms with Gasteiger partial charge in [0.2, 0.25) is 5.91 Å². The number of hydrogen-bond acceptors (Lipinski definition) is 7. The molecule has 1 saturated heterocycles. The highest BCUT2D eigenvalue weighted by molar-refractivity contribution is 7.99. The van der Waals surface area contributed by atoms with Crippen molar-refractivity contribution in [2.45, 2.75) is 62.6 Å². The average molecular weight is 553 g/mol. The molecule has 2 unspecified atom stereocenters. The Morgan fingerprint density at radius 3 is 2.92 bits per heavy atom. The van der Waals surface area contributed by atoms with Crippen molar-refractivity contribution in [2.24, 2.45) is 5.73 Å². The van der Waals surface area contributed by atoms with Crippen LogP contribution < -0.4 is 11.1 Å². The van der Waals surface area contributed by atoms with E-state index in [2.05, 4.69) is 27.9 Å². The Morgan fingerprint density at radius 1 is 1.26 bits per heavy atom. The topological polar surface area (TPSA) is 115 Å². The minimum absolute atomic E-state index is 0.0176. The van der Waals surface area contributed by atoms with E-state index in [0.717, 1.165) is 54.8 Å². The van der Waals surface area contributed by atoms with Crippen LogP contribution in [0.3, 0.4) is 0 Å². The summed E-state index contributed by atoms with van der Waals surface area (Å²) in [7, 11) is 1.72. The minimum Gasteiger partial charge on any atom is -0.385 e. The number of amides is 2. The Labute approximate surface area is 234 Å². The molecule has 3 N–H and O–H groups in total. The number of para-hydroxylation sites is 2. The lowest BCUT2D eigenvalue weighted by Crippen LogP contribution is -2.45. The lowest BCUT2D eigenvalue weighted by Gasteiger charge is -2.33.